The summed E-state index contributed by atoms with van der Waals surface area (Å²) < 4.78 is 36.1. The van der Waals surface area contributed by atoms with Crippen molar-refractivity contribution < 1.29 is 17.9 Å². The molecule has 0 aliphatic rings. The van der Waals surface area contributed by atoms with E-state index in [4.69, 9.17) is 21.1 Å². The third-order valence-corrected chi connectivity index (χ3v) is 3.78. The SMILES string of the molecule is CCOCOCCCS(=O)(=O)Nc1cccc(Cl)c1. The molecule has 1 rings (SSSR count). The van der Waals surface area contributed by atoms with Gasteiger partial charge >= 0.3 is 0 Å². The summed E-state index contributed by atoms with van der Waals surface area (Å²) in [4.78, 5) is 0. The first-order valence-electron chi connectivity index (χ1n) is 5.95. The zero-order valence-electron chi connectivity index (χ0n) is 10.8. The summed E-state index contributed by atoms with van der Waals surface area (Å²) in [7, 11) is -3.37. The molecule has 0 fully saturated rings. The van der Waals surface area contributed by atoms with Gasteiger partial charge in [-0.05, 0) is 31.5 Å². The number of rotatable bonds is 9. The number of anilines is 1. The topological polar surface area (TPSA) is 64.6 Å². The Morgan fingerprint density at radius 1 is 1.32 bits per heavy atom. The van der Waals surface area contributed by atoms with Crippen LogP contribution < -0.4 is 4.72 Å². The third kappa shape index (κ3) is 7.37. The van der Waals surface area contributed by atoms with Crippen LogP contribution in [-0.4, -0.2) is 34.2 Å². The third-order valence-electron chi connectivity index (χ3n) is 2.17. The molecular weight excluding hydrogens is 290 g/mol. The number of ether oxygens (including phenoxy) is 2. The van der Waals surface area contributed by atoms with Gasteiger partial charge in [0.05, 0.1) is 12.4 Å². The maximum absolute atomic E-state index is 11.8. The highest BCUT2D eigenvalue weighted by molar-refractivity contribution is 7.92. The minimum atomic E-state index is -3.37. The van der Waals surface area contributed by atoms with Crippen LogP contribution in [0.3, 0.4) is 0 Å². The smallest absolute Gasteiger partial charge is 0.232 e. The van der Waals surface area contributed by atoms with Crippen molar-refractivity contribution in [2.45, 2.75) is 13.3 Å². The molecule has 0 aliphatic heterocycles. The van der Waals surface area contributed by atoms with Crippen molar-refractivity contribution in [3.8, 4) is 0 Å². The van der Waals surface area contributed by atoms with Gasteiger partial charge in [-0.2, -0.15) is 0 Å². The molecule has 0 radical (unpaired) electrons. The van der Waals surface area contributed by atoms with Crippen LogP contribution in [0.15, 0.2) is 24.3 Å². The monoisotopic (exact) mass is 307 g/mol. The number of nitrogens with one attached hydrogen (secondary N) is 1. The minimum Gasteiger partial charge on any atom is -0.356 e. The lowest BCUT2D eigenvalue weighted by molar-refractivity contribution is -0.0487. The van der Waals surface area contributed by atoms with E-state index >= 15 is 0 Å². The van der Waals surface area contributed by atoms with Gasteiger partial charge in [0.15, 0.2) is 0 Å². The van der Waals surface area contributed by atoms with Crippen LogP contribution in [0.4, 0.5) is 5.69 Å². The first-order valence-corrected chi connectivity index (χ1v) is 7.98. The van der Waals surface area contributed by atoms with E-state index in [0.717, 1.165) is 0 Å². The van der Waals surface area contributed by atoms with Crippen LogP contribution >= 0.6 is 11.6 Å². The lowest BCUT2D eigenvalue weighted by Crippen LogP contribution is -2.18. The van der Waals surface area contributed by atoms with Crippen LogP contribution in [-0.2, 0) is 19.5 Å². The predicted octanol–water partition coefficient (Wildman–Crippen LogP) is 2.48. The van der Waals surface area contributed by atoms with Crippen molar-refractivity contribution >= 4 is 27.3 Å². The molecule has 0 spiro atoms. The second kappa shape index (κ2) is 8.37. The van der Waals surface area contributed by atoms with Crippen molar-refractivity contribution in [3.63, 3.8) is 0 Å². The van der Waals surface area contributed by atoms with Crippen LogP contribution in [0.5, 0.6) is 0 Å². The molecular formula is C12H18ClNO4S. The highest BCUT2D eigenvalue weighted by atomic mass is 35.5. The summed E-state index contributed by atoms with van der Waals surface area (Å²) >= 11 is 5.78. The first-order chi connectivity index (χ1) is 9.03. The number of benzene rings is 1. The van der Waals surface area contributed by atoms with E-state index < -0.39 is 10.0 Å². The summed E-state index contributed by atoms with van der Waals surface area (Å²) in [6, 6.07) is 6.58. The second-order valence-electron chi connectivity index (χ2n) is 3.80. The molecule has 1 aromatic rings. The zero-order valence-corrected chi connectivity index (χ0v) is 12.3. The largest absolute Gasteiger partial charge is 0.356 e. The summed E-state index contributed by atoms with van der Waals surface area (Å²) in [5, 5.41) is 0.486. The molecule has 108 valence electrons. The van der Waals surface area contributed by atoms with E-state index in [0.29, 0.717) is 30.3 Å². The average Bonchev–Trinajstić information content (AvgIpc) is 2.33. The van der Waals surface area contributed by atoms with Gasteiger partial charge in [-0.25, -0.2) is 8.42 Å². The first kappa shape index (κ1) is 16.2. The van der Waals surface area contributed by atoms with E-state index in [1.54, 1.807) is 24.3 Å². The Kier molecular flexibility index (Phi) is 7.15. The number of sulfonamides is 1. The molecule has 5 nitrogen and oxygen atoms in total. The van der Waals surface area contributed by atoms with Crippen LogP contribution in [0.25, 0.3) is 0 Å². The molecule has 1 aromatic carbocycles. The van der Waals surface area contributed by atoms with Crippen molar-refractivity contribution in [2.24, 2.45) is 0 Å². The lowest BCUT2D eigenvalue weighted by Gasteiger charge is -2.08. The molecule has 0 amide bonds. The Bertz CT molecular complexity index is 478. The van der Waals surface area contributed by atoms with Crippen LogP contribution in [0, 0.1) is 0 Å². The molecule has 0 atom stereocenters. The second-order valence-corrected chi connectivity index (χ2v) is 6.08. The zero-order chi connectivity index (χ0) is 14.1. The van der Waals surface area contributed by atoms with Crippen LogP contribution in [0.1, 0.15) is 13.3 Å². The Labute approximate surface area is 118 Å². The Balaban J connectivity index is 2.32. The number of halogens is 1. The maximum atomic E-state index is 11.8. The van der Waals surface area contributed by atoms with E-state index in [9.17, 15) is 8.42 Å². The van der Waals surface area contributed by atoms with E-state index in [-0.39, 0.29) is 12.5 Å². The molecule has 1 N–H and O–H groups in total. The van der Waals surface area contributed by atoms with E-state index in [1.807, 2.05) is 6.92 Å². The average molecular weight is 308 g/mol. The summed E-state index contributed by atoms with van der Waals surface area (Å²) in [5.74, 6) is -0.00830. The van der Waals surface area contributed by atoms with E-state index in [2.05, 4.69) is 4.72 Å². The van der Waals surface area contributed by atoms with Gasteiger partial charge < -0.3 is 9.47 Å². The van der Waals surface area contributed by atoms with Gasteiger partial charge in [0, 0.05) is 17.3 Å². The van der Waals surface area contributed by atoms with Gasteiger partial charge in [0.25, 0.3) is 0 Å². The quantitative estimate of drug-likeness (QED) is 0.562. The predicted molar refractivity (Wildman–Crippen MR) is 75.9 cm³/mol. The normalized spacial score (nSPS) is 11.5. The Morgan fingerprint density at radius 2 is 2.11 bits per heavy atom. The van der Waals surface area contributed by atoms with Crippen LogP contribution in [0.2, 0.25) is 5.02 Å². The van der Waals surface area contributed by atoms with Crippen molar-refractivity contribution in [1.82, 2.24) is 0 Å². The highest BCUT2D eigenvalue weighted by Gasteiger charge is 2.10. The molecule has 0 heterocycles. The number of hydrogen-bond acceptors (Lipinski definition) is 4. The standard InChI is InChI=1S/C12H18ClNO4S/c1-2-17-10-18-7-4-8-19(15,16)14-12-6-3-5-11(13)9-12/h3,5-6,9,14H,2,4,7-8,10H2,1H3. The maximum Gasteiger partial charge on any atom is 0.232 e. The van der Waals surface area contributed by atoms with Gasteiger partial charge in [-0.15, -0.1) is 0 Å². The fourth-order valence-electron chi connectivity index (χ4n) is 1.33. The molecule has 7 heteroatoms. The van der Waals surface area contributed by atoms with E-state index in [1.165, 1.54) is 0 Å². The van der Waals surface area contributed by atoms with Crippen molar-refractivity contribution in [3.05, 3.63) is 29.3 Å². The fraction of sp³-hybridized carbons (Fsp3) is 0.500. The fourth-order valence-corrected chi connectivity index (χ4v) is 2.61. The molecule has 0 aliphatic carbocycles. The molecule has 0 saturated heterocycles. The number of hydrogen-bond donors (Lipinski definition) is 1. The lowest BCUT2D eigenvalue weighted by atomic mass is 10.3. The summed E-state index contributed by atoms with van der Waals surface area (Å²) in [6.07, 6.45) is 0.406. The molecule has 0 bridgehead atoms. The molecule has 0 unspecified atom stereocenters. The Morgan fingerprint density at radius 3 is 2.79 bits per heavy atom. The van der Waals surface area contributed by atoms with Gasteiger partial charge in [-0.3, -0.25) is 4.72 Å². The van der Waals surface area contributed by atoms with Gasteiger partial charge in [0.1, 0.15) is 6.79 Å². The highest BCUT2D eigenvalue weighted by Crippen LogP contribution is 2.16. The minimum absolute atomic E-state index is 0.00830. The Hall–Kier alpha value is -0.820. The van der Waals surface area contributed by atoms with Gasteiger partial charge in [0.2, 0.25) is 10.0 Å². The summed E-state index contributed by atoms with van der Waals surface area (Å²) in [6.45, 7) is 2.98. The van der Waals surface area contributed by atoms with Crippen molar-refractivity contribution in [2.75, 3.05) is 30.5 Å². The van der Waals surface area contributed by atoms with Crippen molar-refractivity contribution in [1.29, 1.82) is 0 Å². The summed E-state index contributed by atoms with van der Waals surface area (Å²) in [5.41, 5.74) is 0.461. The van der Waals surface area contributed by atoms with Gasteiger partial charge in [-0.1, -0.05) is 17.7 Å². The molecule has 0 aromatic heterocycles. The molecule has 0 saturated carbocycles. The molecule has 19 heavy (non-hydrogen) atoms.